The minimum atomic E-state index is -0.130. The summed E-state index contributed by atoms with van der Waals surface area (Å²) in [5.74, 6) is 1.41. The molecule has 4 heteroatoms. The van der Waals surface area contributed by atoms with Crippen molar-refractivity contribution in [2.75, 3.05) is 13.7 Å². The monoisotopic (exact) mass is 313 g/mol. The maximum absolute atomic E-state index is 12.1. The molecule has 4 nitrogen and oxygen atoms in total. The van der Waals surface area contributed by atoms with Crippen LogP contribution in [0.4, 0.5) is 0 Å². The molecule has 0 saturated carbocycles. The second kappa shape index (κ2) is 8.22. The Balaban J connectivity index is 1.96. The predicted octanol–water partition coefficient (Wildman–Crippen LogP) is 3.65. The van der Waals surface area contributed by atoms with Gasteiger partial charge < -0.3 is 14.8 Å². The molecule has 23 heavy (non-hydrogen) atoms. The predicted molar refractivity (Wildman–Crippen MR) is 90.8 cm³/mol. The lowest BCUT2D eigenvalue weighted by atomic mass is 10.0. The number of methoxy groups -OCH3 is 1. The Morgan fingerprint density at radius 3 is 2.52 bits per heavy atom. The molecule has 1 amide bonds. The zero-order valence-corrected chi connectivity index (χ0v) is 13.8. The lowest BCUT2D eigenvalue weighted by molar-refractivity contribution is -0.123. The molecule has 0 radical (unpaired) electrons. The van der Waals surface area contributed by atoms with Gasteiger partial charge in [0.25, 0.3) is 5.91 Å². The molecule has 0 bridgehead atoms. The SMILES string of the molecule is CCC(NC(=O)COc1ccccc1)c1ccc(OC)c(C)c1. The first-order valence-corrected chi connectivity index (χ1v) is 7.75. The first kappa shape index (κ1) is 16.9. The zero-order chi connectivity index (χ0) is 16.7. The molecule has 0 saturated heterocycles. The van der Waals surface area contributed by atoms with Crippen molar-refractivity contribution in [3.05, 3.63) is 59.7 Å². The van der Waals surface area contributed by atoms with Gasteiger partial charge in [-0.2, -0.15) is 0 Å². The van der Waals surface area contributed by atoms with Gasteiger partial charge in [0, 0.05) is 0 Å². The maximum Gasteiger partial charge on any atom is 0.258 e. The lowest BCUT2D eigenvalue weighted by Crippen LogP contribution is -2.32. The second-order valence-corrected chi connectivity index (χ2v) is 5.36. The highest BCUT2D eigenvalue weighted by molar-refractivity contribution is 5.78. The Morgan fingerprint density at radius 2 is 1.91 bits per heavy atom. The van der Waals surface area contributed by atoms with Crippen LogP contribution in [0, 0.1) is 6.92 Å². The number of carbonyl (C=O) groups excluding carboxylic acids is 1. The van der Waals surface area contributed by atoms with Gasteiger partial charge >= 0.3 is 0 Å². The number of hydrogen-bond acceptors (Lipinski definition) is 3. The molecule has 122 valence electrons. The summed E-state index contributed by atoms with van der Waals surface area (Å²) >= 11 is 0. The molecule has 0 aliphatic heterocycles. The van der Waals surface area contributed by atoms with E-state index in [1.54, 1.807) is 7.11 Å². The van der Waals surface area contributed by atoms with Crippen molar-refractivity contribution in [3.8, 4) is 11.5 Å². The van der Waals surface area contributed by atoms with Gasteiger partial charge in [0.15, 0.2) is 6.61 Å². The van der Waals surface area contributed by atoms with Crippen molar-refractivity contribution in [2.45, 2.75) is 26.3 Å². The van der Waals surface area contributed by atoms with E-state index >= 15 is 0 Å². The van der Waals surface area contributed by atoms with Crippen LogP contribution in [0.15, 0.2) is 48.5 Å². The Hall–Kier alpha value is -2.49. The van der Waals surface area contributed by atoms with Gasteiger partial charge in [0.2, 0.25) is 0 Å². The summed E-state index contributed by atoms with van der Waals surface area (Å²) in [5, 5.41) is 3.01. The third-order valence-corrected chi connectivity index (χ3v) is 3.68. The molecule has 0 aliphatic rings. The fraction of sp³-hybridized carbons (Fsp3) is 0.316. The molecule has 1 unspecified atom stereocenters. The van der Waals surface area contributed by atoms with Gasteiger partial charge in [-0.05, 0) is 42.7 Å². The van der Waals surface area contributed by atoms with Crippen molar-refractivity contribution in [2.24, 2.45) is 0 Å². The number of carbonyl (C=O) groups is 1. The van der Waals surface area contributed by atoms with Gasteiger partial charge in [-0.15, -0.1) is 0 Å². The van der Waals surface area contributed by atoms with Crippen LogP contribution in [0.25, 0.3) is 0 Å². The number of para-hydroxylation sites is 1. The number of amides is 1. The van der Waals surface area contributed by atoms with Crippen molar-refractivity contribution in [1.82, 2.24) is 5.32 Å². The van der Waals surface area contributed by atoms with E-state index in [1.807, 2.05) is 62.4 Å². The molecular weight excluding hydrogens is 290 g/mol. The number of ether oxygens (including phenoxy) is 2. The molecule has 0 fully saturated rings. The van der Waals surface area contributed by atoms with Crippen LogP contribution in [-0.2, 0) is 4.79 Å². The molecule has 2 aromatic rings. The highest BCUT2D eigenvalue weighted by Gasteiger charge is 2.14. The molecule has 2 rings (SSSR count). The Bertz CT molecular complexity index is 640. The van der Waals surface area contributed by atoms with E-state index in [9.17, 15) is 4.79 Å². The van der Waals surface area contributed by atoms with E-state index in [4.69, 9.17) is 9.47 Å². The van der Waals surface area contributed by atoms with Gasteiger partial charge in [0.05, 0.1) is 13.2 Å². The van der Waals surface area contributed by atoms with Crippen molar-refractivity contribution in [3.63, 3.8) is 0 Å². The van der Waals surface area contributed by atoms with Crippen molar-refractivity contribution < 1.29 is 14.3 Å². The number of benzene rings is 2. The minimum Gasteiger partial charge on any atom is -0.496 e. The molecule has 0 heterocycles. The minimum absolute atomic E-state index is 0.00957. The molecular formula is C19H23NO3. The topological polar surface area (TPSA) is 47.6 Å². The fourth-order valence-electron chi connectivity index (χ4n) is 2.44. The highest BCUT2D eigenvalue weighted by Crippen LogP contribution is 2.24. The van der Waals surface area contributed by atoms with Crippen molar-refractivity contribution in [1.29, 1.82) is 0 Å². The van der Waals surface area contributed by atoms with E-state index in [-0.39, 0.29) is 18.6 Å². The Kier molecular flexibility index (Phi) is 6.03. The van der Waals surface area contributed by atoms with E-state index < -0.39 is 0 Å². The average Bonchev–Trinajstić information content (AvgIpc) is 2.58. The van der Waals surface area contributed by atoms with Gasteiger partial charge in [0.1, 0.15) is 11.5 Å². The largest absolute Gasteiger partial charge is 0.496 e. The standard InChI is InChI=1S/C19H23NO3/c1-4-17(15-10-11-18(22-3)14(2)12-15)20-19(21)13-23-16-8-6-5-7-9-16/h5-12,17H,4,13H2,1-3H3,(H,20,21). The zero-order valence-electron chi connectivity index (χ0n) is 13.8. The highest BCUT2D eigenvalue weighted by atomic mass is 16.5. The molecule has 1 N–H and O–H groups in total. The third-order valence-electron chi connectivity index (χ3n) is 3.68. The van der Waals surface area contributed by atoms with Gasteiger partial charge in [-0.3, -0.25) is 4.79 Å². The number of hydrogen-bond donors (Lipinski definition) is 1. The summed E-state index contributed by atoms with van der Waals surface area (Å²) in [6.45, 7) is 4.05. The van der Waals surface area contributed by atoms with Crippen LogP contribution in [-0.4, -0.2) is 19.6 Å². The number of rotatable bonds is 7. The molecule has 0 aliphatic carbocycles. The van der Waals surface area contributed by atoms with E-state index in [1.165, 1.54) is 0 Å². The number of nitrogens with one attached hydrogen (secondary N) is 1. The maximum atomic E-state index is 12.1. The summed E-state index contributed by atoms with van der Waals surface area (Å²) in [4.78, 5) is 12.1. The average molecular weight is 313 g/mol. The molecule has 0 spiro atoms. The fourth-order valence-corrected chi connectivity index (χ4v) is 2.44. The summed E-state index contributed by atoms with van der Waals surface area (Å²) in [6, 6.07) is 15.3. The second-order valence-electron chi connectivity index (χ2n) is 5.36. The van der Waals surface area contributed by atoms with Crippen LogP contribution in [0.2, 0.25) is 0 Å². The first-order valence-electron chi connectivity index (χ1n) is 7.75. The molecule has 1 atom stereocenters. The normalized spacial score (nSPS) is 11.6. The van der Waals surface area contributed by atoms with E-state index in [0.717, 1.165) is 23.3 Å². The summed E-state index contributed by atoms with van der Waals surface area (Å²) in [7, 11) is 1.65. The van der Waals surface area contributed by atoms with Crippen LogP contribution in [0.1, 0.15) is 30.5 Å². The summed E-state index contributed by atoms with van der Waals surface area (Å²) in [5.41, 5.74) is 2.12. The first-order chi connectivity index (χ1) is 11.1. The quantitative estimate of drug-likeness (QED) is 0.849. The number of aryl methyl sites for hydroxylation is 1. The van der Waals surface area contributed by atoms with E-state index in [2.05, 4.69) is 5.32 Å². The lowest BCUT2D eigenvalue weighted by Gasteiger charge is -2.19. The van der Waals surface area contributed by atoms with Crippen LogP contribution < -0.4 is 14.8 Å². The summed E-state index contributed by atoms with van der Waals surface area (Å²) < 4.78 is 10.8. The van der Waals surface area contributed by atoms with Crippen molar-refractivity contribution >= 4 is 5.91 Å². The smallest absolute Gasteiger partial charge is 0.258 e. The van der Waals surface area contributed by atoms with Gasteiger partial charge in [-0.25, -0.2) is 0 Å². The van der Waals surface area contributed by atoms with E-state index in [0.29, 0.717) is 5.75 Å². The molecule has 2 aromatic carbocycles. The Morgan fingerprint density at radius 1 is 1.17 bits per heavy atom. The Labute approximate surface area is 137 Å². The van der Waals surface area contributed by atoms with Gasteiger partial charge in [-0.1, -0.05) is 37.3 Å². The van der Waals surface area contributed by atoms with Crippen LogP contribution in [0.3, 0.4) is 0 Å². The van der Waals surface area contributed by atoms with Crippen LogP contribution >= 0.6 is 0 Å². The molecule has 0 aromatic heterocycles. The summed E-state index contributed by atoms with van der Waals surface area (Å²) in [6.07, 6.45) is 0.808. The third kappa shape index (κ3) is 4.74. The van der Waals surface area contributed by atoms with Crippen LogP contribution in [0.5, 0.6) is 11.5 Å².